The molecule has 2 aromatic carbocycles. The zero-order chi connectivity index (χ0) is 18.8. The molecule has 0 bridgehead atoms. The van der Waals surface area contributed by atoms with Crippen LogP contribution in [0.3, 0.4) is 0 Å². The number of fused-ring (bicyclic) bond motifs is 1. The van der Waals surface area contributed by atoms with Gasteiger partial charge < -0.3 is 15.8 Å². The number of rotatable bonds is 4. The summed E-state index contributed by atoms with van der Waals surface area (Å²) in [6, 6.07) is 7.70. The number of halogens is 2. The van der Waals surface area contributed by atoms with Crippen molar-refractivity contribution in [2.24, 2.45) is 0 Å². The van der Waals surface area contributed by atoms with Gasteiger partial charge in [-0.1, -0.05) is 6.07 Å². The molecule has 2 heterocycles. The molecule has 27 heavy (non-hydrogen) atoms. The number of hydrogen-bond donors (Lipinski definition) is 3. The van der Waals surface area contributed by atoms with Crippen molar-refractivity contribution in [1.29, 1.82) is 0 Å². The third-order valence-corrected chi connectivity index (χ3v) is 5.64. The molecule has 1 saturated heterocycles. The monoisotopic (exact) mass is 387 g/mol. The summed E-state index contributed by atoms with van der Waals surface area (Å²) in [5.74, 6) is -1.06. The number of hydrogen-bond acceptors (Lipinski definition) is 6. The number of nitrogens with one attached hydrogen (secondary N) is 2. The smallest absolute Gasteiger partial charge is 0.220 e. The van der Waals surface area contributed by atoms with Gasteiger partial charge in [-0.25, -0.2) is 18.7 Å². The van der Waals surface area contributed by atoms with Gasteiger partial charge in [0.2, 0.25) is 5.95 Å². The SMILES string of the molecule is Nc1ncc2cc(-c3c(F)ccc(NSC4CCCNC4)c3F)ccc2n1. The lowest BCUT2D eigenvalue weighted by Gasteiger charge is -2.22. The third-order valence-electron chi connectivity index (χ3n) is 4.57. The van der Waals surface area contributed by atoms with Crippen molar-refractivity contribution in [3.63, 3.8) is 0 Å². The minimum Gasteiger partial charge on any atom is -0.368 e. The minimum absolute atomic E-state index is 0.0684. The average Bonchev–Trinajstić information content (AvgIpc) is 2.68. The van der Waals surface area contributed by atoms with Crippen molar-refractivity contribution >= 4 is 34.5 Å². The molecular formula is C19H19F2N5S. The van der Waals surface area contributed by atoms with Gasteiger partial charge in [0.1, 0.15) is 5.82 Å². The molecule has 0 aliphatic carbocycles. The Balaban J connectivity index is 1.64. The highest BCUT2D eigenvalue weighted by Crippen LogP contribution is 2.34. The third kappa shape index (κ3) is 3.81. The van der Waals surface area contributed by atoms with E-state index in [1.807, 2.05) is 0 Å². The molecule has 1 unspecified atom stereocenters. The molecule has 0 saturated carbocycles. The van der Waals surface area contributed by atoms with Crippen LogP contribution in [-0.2, 0) is 0 Å². The molecule has 0 spiro atoms. The van der Waals surface area contributed by atoms with Gasteiger partial charge in [-0.3, -0.25) is 0 Å². The van der Waals surface area contributed by atoms with E-state index in [1.165, 1.54) is 24.1 Å². The Labute approximate surface area is 159 Å². The largest absolute Gasteiger partial charge is 0.368 e. The second-order valence-electron chi connectivity index (χ2n) is 6.47. The lowest BCUT2D eigenvalue weighted by Crippen LogP contribution is -2.32. The Kier molecular flexibility index (Phi) is 5.09. The number of nitrogen functional groups attached to an aromatic ring is 1. The molecule has 1 atom stereocenters. The van der Waals surface area contributed by atoms with Gasteiger partial charge in [-0.2, -0.15) is 0 Å². The van der Waals surface area contributed by atoms with Crippen molar-refractivity contribution in [3.05, 3.63) is 48.2 Å². The lowest BCUT2D eigenvalue weighted by atomic mass is 10.0. The molecule has 0 amide bonds. The maximum atomic E-state index is 15.1. The van der Waals surface area contributed by atoms with Crippen LogP contribution in [0.25, 0.3) is 22.0 Å². The molecule has 5 nitrogen and oxygen atoms in total. The highest BCUT2D eigenvalue weighted by atomic mass is 32.2. The van der Waals surface area contributed by atoms with E-state index in [9.17, 15) is 4.39 Å². The molecule has 4 N–H and O–H groups in total. The molecule has 1 aliphatic heterocycles. The van der Waals surface area contributed by atoms with Crippen LogP contribution < -0.4 is 15.8 Å². The maximum Gasteiger partial charge on any atom is 0.220 e. The van der Waals surface area contributed by atoms with Crippen molar-refractivity contribution in [2.75, 3.05) is 23.5 Å². The summed E-state index contributed by atoms with van der Waals surface area (Å²) in [6.07, 6.45) is 3.71. The summed E-state index contributed by atoms with van der Waals surface area (Å²) < 4.78 is 32.6. The van der Waals surface area contributed by atoms with E-state index in [0.717, 1.165) is 25.9 Å². The summed E-state index contributed by atoms with van der Waals surface area (Å²) in [7, 11) is 0. The van der Waals surface area contributed by atoms with Crippen molar-refractivity contribution in [1.82, 2.24) is 15.3 Å². The van der Waals surface area contributed by atoms with Gasteiger partial charge >= 0.3 is 0 Å². The van der Waals surface area contributed by atoms with E-state index in [0.29, 0.717) is 21.7 Å². The molecule has 140 valence electrons. The summed E-state index contributed by atoms with van der Waals surface area (Å²) in [5.41, 5.74) is 6.84. The maximum absolute atomic E-state index is 15.1. The minimum atomic E-state index is -0.613. The fourth-order valence-corrected chi connectivity index (χ4v) is 4.10. The summed E-state index contributed by atoms with van der Waals surface area (Å²) in [4.78, 5) is 8.05. The summed E-state index contributed by atoms with van der Waals surface area (Å²) in [5, 5.41) is 4.34. The molecule has 8 heteroatoms. The second kappa shape index (κ2) is 7.66. The molecule has 0 radical (unpaired) electrons. The highest BCUT2D eigenvalue weighted by Gasteiger charge is 2.18. The van der Waals surface area contributed by atoms with Crippen LogP contribution in [0.4, 0.5) is 20.4 Å². The van der Waals surface area contributed by atoms with Crippen LogP contribution in [0.2, 0.25) is 0 Å². The number of nitrogens with two attached hydrogens (primary N) is 1. The van der Waals surface area contributed by atoms with Gasteiger partial charge in [0.05, 0.1) is 16.8 Å². The lowest BCUT2D eigenvalue weighted by molar-refractivity contribution is 0.532. The number of aromatic nitrogens is 2. The van der Waals surface area contributed by atoms with Gasteiger partial charge in [-0.15, -0.1) is 0 Å². The Morgan fingerprint density at radius 1 is 1.22 bits per heavy atom. The normalized spacial score (nSPS) is 17.2. The zero-order valence-electron chi connectivity index (χ0n) is 14.5. The number of anilines is 2. The molecular weight excluding hydrogens is 368 g/mol. The molecule has 1 aliphatic rings. The first kappa shape index (κ1) is 17.9. The summed E-state index contributed by atoms with van der Waals surface area (Å²) in [6.45, 7) is 1.89. The molecule has 1 fully saturated rings. The fourth-order valence-electron chi connectivity index (χ4n) is 3.17. The quantitative estimate of drug-likeness (QED) is 0.588. The van der Waals surface area contributed by atoms with E-state index in [4.69, 9.17) is 5.73 Å². The second-order valence-corrected chi connectivity index (χ2v) is 7.58. The Hall–Kier alpha value is -2.45. The standard InChI is InChI=1S/C19H19F2N5S/c20-14-4-6-16(26-27-13-2-1-7-23-10-13)18(21)17(14)11-3-5-15-12(8-11)9-24-19(22)25-15/h3-6,8-9,13,23,26H,1-2,7,10H2,(H2,22,24,25). The van der Waals surface area contributed by atoms with Gasteiger partial charge in [0, 0.05) is 23.4 Å². The first-order valence-corrected chi connectivity index (χ1v) is 9.63. The Morgan fingerprint density at radius 2 is 2.11 bits per heavy atom. The van der Waals surface area contributed by atoms with Gasteiger partial charge in [0.15, 0.2) is 5.82 Å². The Bertz CT molecular complexity index is 976. The number of benzene rings is 2. The number of nitrogens with zero attached hydrogens (tertiary/aromatic N) is 2. The summed E-state index contributed by atoms with van der Waals surface area (Å²) >= 11 is 1.47. The van der Waals surface area contributed by atoms with E-state index < -0.39 is 11.6 Å². The predicted molar refractivity (Wildman–Crippen MR) is 106 cm³/mol. The van der Waals surface area contributed by atoms with Crippen molar-refractivity contribution in [3.8, 4) is 11.1 Å². The van der Waals surface area contributed by atoms with Crippen LogP contribution in [-0.4, -0.2) is 28.3 Å². The predicted octanol–water partition coefficient (Wildman–Crippen LogP) is 3.97. The van der Waals surface area contributed by atoms with E-state index in [2.05, 4.69) is 20.0 Å². The first-order valence-electron chi connectivity index (χ1n) is 8.75. The van der Waals surface area contributed by atoms with E-state index >= 15 is 4.39 Å². The van der Waals surface area contributed by atoms with E-state index in [-0.39, 0.29) is 17.2 Å². The number of piperidine rings is 1. The molecule has 3 aromatic rings. The van der Waals surface area contributed by atoms with Crippen LogP contribution in [0, 0.1) is 11.6 Å². The zero-order valence-corrected chi connectivity index (χ0v) is 15.3. The topological polar surface area (TPSA) is 75.9 Å². The highest BCUT2D eigenvalue weighted by molar-refractivity contribution is 8.01. The first-order chi connectivity index (χ1) is 13.1. The fraction of sp³-hybridized carbons (Fsp3) is 0.263. The van der Waals surface area contributed by atoms with Crippen LogP contribution in [0.1, 0.15) is 12.8 Å². The van der Waals surface area contributed by atoms with E-state index in [1.54, 1.807) is 24.4 Å². The Morgan fingerprint density at radius 3 is 2.93 bits per heavy atom. The van der Waals surface area contributed by atoms with Crippen molar-refractivity contribution in [2.45, 2.75) is 18.1 Å². The van der Waals surface area contributed by atoms with Gasteiger partial charge in [0.25, 0.3) is 0 Å². The van der Waals surface area contributed by atoms with Crippen LogP contribution in [0.15, 0.2) is 36.5 Å². The van der Waals surface area contributed by atoms with Crippen LogP contribution >= 0.6 is 11.9 Å². The van der Waals surface area contributed by atoms with Crippen LogP contribution in [0.5, 0.6) is 0 Å². The average molecular weight is 387 g/mol. The molecule has 1 aromatic heterocycles. The van der Waals surface area contributed by atoms with Gasteiger partial charge in [-0.05, 0) is 61.2 Å². The van der Waals surface area contributed by atoms with Crippen molar-refractivity contribution < 1.29 is 8.78 Å². The molecule has 4 rings (SSSR count).